The van der Waals surface area contributed by atoms with Crippen molar-refractivity contribution in [3.8, 4) is 5.88 Å². The van der Waals surface area contributed by atoms with Gasteiger partial charge in [-0.15, -0.1) is 5.10 Å². The summed E-state index contributed by atoms with van der Waals surface area (Å²) in [6.07, 6.45) is 5.44. The number of hydrogen-bond acceptors (Lipinski definition) is 6. The SMILES string of the molecule is c1ccc2nc(N3CCC(COc4ccc(C5CC5)nn4)C3)cnc2c1. The smallest absolute Gasteiger partial charge is 0.233 e. The molecule has 1 aliphatic carbocycles. The van der Waals surface area contributed by atoms with Crippen molar-refractivity contribution in [2.45, 2.75) is 25.2 Å². The zero-order chi connectivity index (χ0) is 17.3. The van der Waals surface area contributed by atoms with E-state index in [1.54, 1.807) is 0 Å². The summed E-state index contributed by atoms with van der Waals surface area (Å²) in [5.41, 5.74) is 2.97. The maximum Gasteiger partial charge on any atom is 0.233 e. The molecule has 1 aromatic carbocycles. The predicted molar refractivity (Wildman–Crippen MR) is 99.4 cm³/mol. The Morgan fingerprint density at radius 3 is 2.69 bits per heavy atom. The zero-order valence-corrected chi connectivity index (χ0v) is 14.6. The Labute approximate surface area is 152 Å². The number of benzene rings is 1. The van der Waals surface area contributed by atoms with Crippen LogP contribution in [0.4, 0.5) is 5.82 Å². The van der Waals surface area contributed by atoms with Crippen molar-refractivity contribution in [1.29, 1.82) is 0 Å². The molecular weight excluding hydrogens is 326 g/mol. The lowest BCUT2D eigenvalue weighted by molar-refractivity contribution is 0.249. The average molecular weight is 347 g/mol. The largest absolute Gasteiger partial charge is 0.476 e. The monoisotopic (exact) mass is 347 g/mol. The van der Waals surface area contributed by atoms with Crippen molar-refractivity contribution >= 4 is 16.9 Å². The highest BCUT2D eigenvalue weighted by Gasteiger charge is 2.26. The fourth-order valence-electron chi connectivity index (χ4n) is 3.48. The van der Waals surface area contributed by atoms with Gasteiger partial charge in [0.05, 0.1) is 29.5 Å². The summed E-state index contributed by atoms with van der Waals surface area (Å²) in [4.78, 5) is 11.5. The fraction of sp³-hybridized carbons (Fsp3) is 0.400. The molecule has 1 atom stereocenters. The number of hydrogen-bond donors (Lipinski definition) is 0. The number of anilines is 1. The fourth-order valence-corrected chi connectivity index (χ4v) is 3.48. The van der Waals surface area contributed by atoms with Gasteiger partial charge in [-0.05, 0) is 37.5 Å². The predicted octanol–water partition coefficient (Wildman–Crippen LogP) is 3.20. The molecule has 26 heavy (non-hydrogen) atoms. The van der Waals surface area contributed by atoms with Crippen LogP contribution < -0.4 is 9.64 Å². The van der Waals surface area contributed by atoms with Gasteiger partial charge in [-0.1, -0.05) is 12.1 Å². The van der Waals surface area contributed by atoms with Crippen LogP contribution in [0.2, 0.25) is 0 Å². The van der Waals surface area contributed by atoms with Gasteiger partial charge in [0.15, 0.2) is 0 Å². The van der Waals surface area contributed by atoms with Crippen molar-refractivity contribution in [2.75, 3.05) is 24.6 Å². The second-order valence-corrected chi connectivity index (χ2v) is 7.20. The van der Waals surface area contributed by atoms with Crippen molar-refractivity contribution in [1.82, 2.24) is 20.2 Å². The Bertz CT molecular complexity index is 909. The lowest BCUT2D eigenvalue weighted by Gasteiger charge is -2.17. The first-order chi connectivity index (χ1) is 12.8. The number of para-hydroxylation sites is 2. The van der Waals surface area contributed by atoms with Crippen LogP contribution in [0.15, 0.2) is 42.6 Å². The molecule has 6 heteroatoms. The molecule has 3 aromatic rings. The van der Waals surface area contributed by atoms with Crippen LogP contribution in [0.3, 0.4) is 0 Å². The summed E-state index contributed by atoms with van der Waals surface area (Å²) in [5.74, 6) is 2.66. The summed E-state index contributed by atoms with van der Waals surface area (Å²) in [5, 5.41) is 8.48. The molecule has 132 valence electrons. The van der Waals surface area contributed by atoms with Gasteiger partial charge in [0.1, 0.15) is 5.82 Å². The second kappa shape index (κ2) is 6.52. The number of nitrogens with zero attached hydrogens (tertiary/aromatic N) is 5. The molecule has 0 bridgehead atoms. The minimum Gasteiger partial charge on any atom is -0.476 e. The Morgan fingerprint density at radius 1 is 1.00 bits per heavy atom. The summed E-state index contributed by atoms with van der Waals surface area (Å²) in [6, 6.07) is 12.0. The van der Waals surface area contributed by atoms with E-state index in [1.165, 1.54) is 12.8 Å². The van der Waals surface area contributed by atoms with E-state index in [4.69, 9.17) is 9.72 Å². The number of rotatable bonds is 5. The molecule has 3 heterocycles. The molecule has 2 aliphatic rings. The van der Waals surface area contributed by atoms with Crippen LogP contribution in [0.25, 0.3) is 11.0 Å². The first-order valence-corrected chi connectivity index (χ1v) is 9.28. The van der Waals surface area contributed by atoms with Gasteiger partial charge < -0.3 is 9.64 Å². The van der Waals surface area contributed by atoms with Crippen LogP contribution in [-0.2, 0) is 0 Å². The molecule has 1 unspecified atom stereocenters. The zero-order valence-electron chi connectivity index (χ0n) is 14.6. The van der Waals surface area contributed by atoms with E-state index in [0.29, 0.717) is 24.3 Å². The molecule has 1 saturated carbocycles. The summed E-state index contributed by atoms with van der Waals surface area (Å²) >= 11 is 0. The minimum atomic E-state index is 0.466. The molecule has 0 spiro atoms. The molecule has 2 aromatic heterocycles. The third-order valence-electron chi connectivity index (χ3n) is 5.17. The molecule has 6 nitrogen and oxygen atoms in total. The lowest BCUT2D eigenvalue weighted by atomic mass is 10.1. The molecular formula is C20H21N5O. The molecule has 0 N–H and O–H groups in total. The van der Waals surface area contributed by atoms with Gasteiger partial charge in [-0.2, -0.15) is 5.10 Å². The lowest BCUT2D eigenvalue weighted by Crippen LogP contribution is -2.23. The van der Waals surface area contributed by atoms with Crippen molar-refractivity contribution in [3.05, 3.63) is 48.3 Å². The van der Waals surface area contributed by atoms with Crippen LogP contribution >= 0.6 is 0 Å². The van der Waals surface area contributed by atoms with Crippen LogP contribution in [0, 0.1) is 5.92 Å². The van der Waals surface area contributed by atoms with E-state index in [1.807, 2.05) is 42.6 Å². The van der Waals surface area contributed by atoms with Gasteiger partial charge in [-0.25, -0.2) is 4.98 Å². The number of aromatic nitrogens is 4. The molecule has 0 radical (unpaired) electrons. The maximum absolute atomic E-state index is 5.86. The van der Waals surface area contributed by atoms with Gasteiger partial charge in [0.25, 0.3) is 0 Å². The molecule has 1 aliphatic heterocycles. The standard InChI is InChI=1S/C20H21N5O/c1-2-4-18-17(3-1)21-11-19(22-18)25-10-9-14(12-25)13-26-20-8-7-16(23-24-20)15-5-6-15/h1-4,7-8,11,14-15H,5-6,9-10,12-13H2. The Hall–Kier alpha value is -2.76. The quantitative estimate of drug-likeness (QED) is 0.706. The summed E-state index contributed by atoms with van der Waals surface area (Å²) in [6.45, 7) is 2.57. The minimum absolute atomic E-state index is 0.466. The molecule has 2 fully saturated rings. The highest BCUT2D eigenvalue weighted by atomic mass is 16.5. The Balaban J connectivity index is 1.19. The van der Waals surface area contributed by atoms with Crippen molar-refractivity contribution in [3.63, 3.8) is 0 Å². The van der Waals surface area contributed by atoms with Crippen molar-refractivity contribution < 1.29 is 4.74 Å². The van der Waals surface area contributed by atoms with Gasteiger partial charge >= 0.3 is 0 Å². The van der Waals surface area contributed by atoms with E-state index in [0.717, 1.165) is 42.1 Å². The summed E-state index contributed by atoms with van der Waals surface area (Å²) in [7, 11) is 0. The van der Waals surface area contributed by atoms with E-state index < -0.39 is 0 Å². The van der Waals surface area contributed by atoms with Gasteiger partial charge in [0.2, 0.25) is 5.88 Å². The van der Waals surface area contributed by atoms with E-state index >= 15 is 0 Å². The van der Waals surface area contributed by atoms with Crippen molar-refractivity contribution in [2.24, 2.45) is 5.92 Å². The first-order valence-electron chi connectivity index (χ1n) is 9.28. The van der Waals surface area contributed by atoms with Gasteiger partial charge in [0, 0.05) is 31.0 Å². The Kier molecular flexibility index (Phi) is 3.88. The molecule has 0 amide bonds. The number of fused-ring (bicyclic) bond motifs is 1. The van der Waals surface area contributed by atoms with Crippen LogP contribution in [0.5, 0.6) is 5.88 Å². The normalized spacial score (nSPS) is 19.8. The maximum atomic E-state index is 5.86. The second-order valence-electron chi connectivity index (χ2n) is 7.20. The molecule has 5 rings (SSSR count). The van der Waals surface area contributed by atoms with E-state index in [-0.39, 0.29) is 0 Å². The third-order valence-corrected chi connectivity index (χ3v) is 5.17. The Morgan fingerprint density at radius 2 is 1.88 bits per heavy atom. The van der Waals surface area contributed by atoms with Gasteiger partial charge in [-0.3, -0.25) is 4.98 Å². The third kappa shape index (κ3) is 3.19. The highest BCUT2D eigenvalue weighted by molar-refractivity contribution is 5.75. The van der Waals surface area contributed by atoms with E-state index in [2.05, 4.69) is 20.1 Å². The van der Waals surface area contributed by atoms with Crippen LogP contribution in [0.1, 0.15) is 30.9 Å². The summed E-state index contributed by atoms with van der Waals surface area (Å²) < 4.78 is 5.86. The first kappa shape index (κ1) is 15.5. The van der Waals surface area contributed by atoms with E-state index in [9.17, 15) is 0 Å². The molecule has 1 saturated heterocycles. The average Bonchev–Trinajstić information content (AvgIpc) is 3.44. The van der Waals surface area contributed by atoms with Crippen LogP contribution in [-0.4, -0.2) is 39.9 Å². The number of ether oxygens (including phenoxy) is 1. The topological polar surface area (TPSA) is 64.0 Å². The highest BCUT2D eigenvalue weighted by Crippen LogP contribution is 2.38.